The molecule has 1 aliphatic rings. The van der Waals surface area contributed by atoms with Crippen molar-refractivity contribution in [1.82, 2.24) is 9.88 Å². The van der Waals surface area contributed by atoms with Crippen LogP contribution in [0.15, 0.2) is 91.6 Å². The summed E-state index contributed by atoms with van der Waals surface area (Å²) in [7, 11) is 0. The second kappa shape index (κ2) is 11.5. The van der Waals surface area contributed by atoms with Crippen LogP contribution in [0.25, 0.3) is 11.8 Å². The van der Waals surface area contributed by atoms with E-state index in [0.29, 0.717) is 27.4 Å². The van der Waals surface area contributed by atoms with Gasteiger partial charge in [0.25, 0.3) is 5.91 Å². The zero-order chi connectivity index (χ0) is 26.8. The minimum absolute atomic E-state index is 0.172. The number of amidine groups is 1. The van der Waals surface area contributed by atoms with Crippen molar-refractivity contribution in [2.75, 3.05) is 0 Å². The molecular weight excluding hydrogens is 650 g/mol. The van der Waals surface area contributed by atoms with E-state index in [4.69, 9.17) is 16.3 Å². The molecule has 192 valence electrons. The van der Waals surface area contributed by atoms with Gasteiger partial charge in [0.15, 0.2) is 5.17 Å². The van der Waals surface area contributed by atoms with Crippen LogP contribution >= 0.6 is 55.2 Å². The Labute approximate surface area is 247 Å². The number of hydrogen-bond acceptors (Lipinski definition) is 4. The third-order valence-electron chi connectivity index (χ3n) is 5.96. The summed E-state index contributed by atoms with van der Waals surface area (Å²) in [6.45, 7) is 4.61. The van der Waals surface area contributed by atoms with E-state index in [2.05, 4.69) is 59.7 Å². The van der Waals surface area contributed by atoms with Crippen molar-refractivity contribution in [3.8, 4) is 11.4 Å². The van der Waals surface area contributed by atoms with E-state index in [1.807, 2.05) is 73.7 Å². The molecule has 0 radical (unpaired) electrons. The Bertz CT molecular complexity index is 1580. The highest BCUT2D eigenvalue weighted by Crippen LogP contribution is 2.32. The van der Waals surface area contributed by atoms with Crippen molar-refractivity contribution in [1.29, 1.82) is 0 Å². The number of aliphatic imine (C=N–C) groups is 1. The largest absolute Gasteiger partial charge is 0.489 e. The van der Waals surface area contributed by atoms with Crippen LogP contribution in [0.3, 0.4) is 0 Å². The zero-order valence-corrected chi connectivity index (χ0v) is 25.2. The molecule has 0 bridgehead atoms. The zero-order valence-electron chi connectivity index (χ0n) is 20.5. The predicted octanol–water partition coefficient (Wildman–Crippen LogP) is 8.74. The molecule has 0 spiro atoms. The first kappa shape index (κ1) is 26.8. The lowest BCUT2D eigenvalue weighted by atomic mass is 10.2. The summed E-state index contributed by atoms with van der Waals surface area (Å²) in [6.07, 6.45) is 1.91. The van der Waals surface area contributed by atoms with E-state index in [-0.39, 0.29) is 5.91 Å². The van der Waals surface area contributed by atoms with Crippen molar-refractivity contribution < 1.29 is 9.53 Å². The number of hydrogen-bond donors (Lipinski definition) is 1. The number of carbonyl (C=O) groups is 1. The first-order valence-electron chi connectivity index (χ1n) is 11.7. The molecule has 2 heterocycles. The maximum atomic E-state index is 12.7. The molecule has 5 rings (SSSR count). The molecule has 1 saturated heterocycles. The van der Waals surface area contributed by atoms with Gasteiger partial charge in [0.2, 0.25) is 0 Å². The number of amides is 1. The third kappa shape index (κ3) is 6.10. The summed E-state index contributed by atoms with van der Waals surface area (Å²) in [5.74, 6) is 0.633. The minimum Gasteiger partial charge on any atom is -0.489 e. The van der Waals surface area contributed by atoms with Gasteiger partial charge in [0.05, 0.1) is 15.6 Å². The minimum atomic E-state index is -0.172. The number of rotatable bonds is 6. The molecule has 38 heavy (non-hydrogen) atoms. The standard InChI is InChI=1S/C29H22Br2ClN3O2S/c1-17-13-20(14-27-28(36)34-29(38-27)33-22-7-12-25(31)26(32)15-22)18(2)35(17)23-8-10-24(11-9-23)37-16-19-3-5-21(30)6-4-19/h3-15H,16H2,1-2H3,(H,33,34,36)/b27-14-. The Morgan fingerprint density at radius 2 is 1.76 bits per heavy atom. The van der Waals surface area contributed by atoms with E-state index < -0.39 is 0 Å². The summed E-state index contributed by atoms with van der Waals surface area (Å²) in [4.78, 5) is 17.8. The van der Waals surface area contributed by atoms with Gasteiger partial charge in [-0.05, 0) is 119 Å². The number of benzene rings is 3. The Kier molecular flexibility index (Phi) is 8.14. The lowest BCUT2D eigenvalue weighted by Gasteiger charge is -2.11. The predicted molar refractivity (Wildman–Crippen MR) is 164 cm³/mol. The van der Waals surface area contributed by atoms with Crippen LogP contribution in [-0.2, 0) is 11.4 Å². The number of nitrogens with one attached hydrogen (secondary N) is 1. The summed E-state index contributed by atoms with van der Waals surface area (Å²) in [6, 6.07) is 23.6. The number of aryl methyl sites for hydroxylation is 1. The fourth-order valence-corrected chi connectivity index (χ4v) is 5.58. The second-order valence-electron chi connectivity index (χ2n) is 8.65. The maximum absolute atomic E-state index is 12.7. The molecule has 1 aromatic heterocycles. The van der Waals surface area contributed by atoms with Gasteiger partial charge in [-0.1, -0.05) is 39.7 Å². The molecule has 0 unspecified atom stereocenters. The van der Waals surface area contributed by atoms with E-state index in [0.717, 1.165) is 42.9 Å². The lowest BCUT2D eigenvalue weighted by molar-refractivity contribution is -0.115. The van der Waals surface area contributed by atoms with E-state index in [9.17, 15) is 4.79 Å². The first-order valence-corrected chi connectivity index (χ1v) is 14.5. The molecule has 1 N–H and O–H groups in total. The fraction of sp³-hybridized carbons (Fsp3) is 0.103. The van der Waals surface area contributed by atoms with Crippen LogP contribution in [0.4, 0.5) is 5.69 Å². The van der Waals surface area contributed by atoms with Gasteiger partial charge in [-0.25, -0.2) is 4.99 Å². The number of nitrogens with zero attached hydrogens (tertiary/aromatic N) is 2. The van der Waals surface area contributed by atoms with Crippen molar-refractivity contribution in [3.05, 3.63) is 114 Å². The second-order valence-corrected chi connectivity index (χ2v) is 11.9. The van der Waals surface area contributed by atoms with Gasteiger partial charge >= 0.3 is 0 Å². The molecule has 0 saturated carbocycles. The van der Waals surface area contributed by atoms with Crippen LogP contribution < -0.4 is 10.1 Å². The van der Waals surface area contributed by atoms with Gasteiger partial charge in [-0.2, -0.15) is 0 Å². The SMILES string of the molecule is Cc1cc(/C=C2\SC(=Nc3ccc(Br)c(Cl)c3)NC2=O)c(C)n1-c1ccc(OCc2ccc(Br)cc2)cc1. The molecule has 0 aliphatic carbocycles. The topological polar surface area (TPSA) is 55.6 Å². The normalized spacial score (nSPS) is 15.3. The number of aromatic nitrogens is 1. The van der Waals surface area contributed by atoms with E-state index >= 15 is 0 Å². The lowest BCUT2D eigenvalue weighted by Crippen LogP contribution is -2.19. The van der Waals surface area contributed by atoms with Crippen LogP contribution in [-0.4, -0.2) is 15.6 Å². The molecule has 0 atom stereocenters. The molecule has 1 amide bonds. The van der Waals surface area contributed by atoms with Gasteiger partial charge < -0.3 is 14.6 Å². The Hall–Kier alpha value is -2.78. The fourth-order valence-electron chi connectivity index (χ4n) is 4.06. The molecule has 1 aliphatic heterocycles. The monoisotopic (exact) mass is 669 g/mol. The van der Waals surface area contributed by atoms with Crippen LogP contribution in [0.1, 0.15) is 22.5 Å². The average Bonchev–Trinajstić information content (AvgIpc) is 3.38. The van der Waals surface area contributed by atoms with Crippen molar-refractivity contribution >= 4 is 78.1 Å². The molecule has 3 aromatic carbocycles. The molecule has 1 fully saturated rings. The number of carbonyl (C=O) groups excluding carboxylic acids is 1. The van der Waals surface area contributed by atoms with Crippen molar-refractivity contribution in [3.63, 3.8) is 0 Å². The van der Waals surface area contributed by atoms with Crippen molar-refractivity contribution in [2.45, 2.75) is 20.5 Å². The number of thioether (sulfide) groups is 1. The molecule has 9 heteroatoms. The highest BCUT2D eigenvalue weighted by Gasteiger charge is 2.24. The molecular formula is C29H22Br2ClN3O2S. The van der Waals surface area contributed by atoms with Crippen molar-refractivity contribution in [2.24, 2.45) is 4.99 Å². The first-order chi connectivity index (χ1) is 18.3. The van der Waals surface area contributed by atoms with Crippen LogP contribution in [0, 0.1) is 13.8 Å². The van der Waals surface area contributed by atoms with Gasteiger partial charge in [0.1, 0.15) is 12.4 Å². The average molecular weight is 672 g/mol. The maximum Gasteiger partial charge on any atom is 0.264 e. The Morgan fingerprint density at radius 1 is 1.03 bits per heavy atom. The van der Waals surface area contributed by atoms with Gasteiger partial charge in [-0.3, -0.25) is 4.79 Å². The third-order valence-corrected chi connectivity index (χ3v) is 8.63. The highest BCUT2D eigenvalue weighted by molar-refractivity contribution is 9.10. The summed E-state index contributed by atoms with van der Waals surface area (Å²) >= 11 is 14.3. The molecule has 5 nitrogen and oxygen atoms in total. The highest BCUT2D eigenvalue weighted by atomic mass is 79.9. The van der Waals surface area contributed by atoms with Crippen LogP contribution in [0.5, 0.6) is 5.75 Å². The number of ether oxygens (including phenoxy) is 1. The van der Waals surface area contributed by atoms with Gasteiger partial charge in [-0.15, -0.1) is 0 Å². The van der Waals surface area contributed by atoms with E-state index in [1.165, 1.54) is 11.8 Å². The molecule has 4 aromatic rings. The smallest absolute Gasteiger partial charge is 0.264 e. The number of halogens is 3. The summed E-state index contributed by atoms with van der Waals surface area (Å²) in [5, 5.41) is 3.92. The Morgan fingerprint density at radius 3 is 2.47 bits per heavy atom. The quantitative estimate of drug-likeness (QED) is 0.209. The van der Waals surface area contributed by atoms with Gasteiger partial charge in [0, 0.05) is 26.0 Å². The van der Waals surface area contributed by atoms with Crippen LogP contribution in [0.2, 0.25) is 5.02 Å². The van der Waals surface area contributed by atoms with E-state index in [1.54, 1.807) is 6.07 Å². The Balaban J connectivity index is 1.32. The summed E-state index contributed by atoms with van der Waals surface area (Å²) in [5.41, 5.74) is 5.89. The summed E-state index contributed by atoms with van der Waals surface area (Å²) < 4.78 is 9.96.